The molecule has 1 aromatic heterocycles. The lowest BCUT2D eigenvalue weighted by atomic mass is 10.1. The van der Waals surface area contributed by atoms with Crippen molar-refractivity contribution in [3.8, 4) is 5.75 Å². The van der Waals surface area contributed by atoms with E-state index in [0.29, 0.717) is 17.9 Å². The minimum atomic E-state index is -4.51. The summed E-state index contributed by atoms with van der Waals surface area (Å²) < 4.78 is 42.7. The number of nitrogens with zero attached hydrogens (tertiary/aromatic N) is 1. The van der Waals surface area contributed by atoms with Crippen LogP contribution in [-0.4, -0.2) is 29.5 Å². The Morgan fingerprint density at radius 1 is 1.15 bits per heavy atom. The molecule has 0 unspecified atom stereocenters. The molecule has 0 saturated carbocycles. The normalized spacial score (nSPS) is 11.4. The fourth-order valence-electron chi connectivity index (χ4n) is 2.75. The van der Waals surface area contributed by atoms with E-state index in [1.807, 2.05) is 18.4 Å². The molecular weight excluding hydrogens is 455 g/mol. The minimum absolute atomic E-state index is 0.00273. The van der Waals surface area contributed by atoms with E-state index in [1.165, 1.54) is 41.7 Å². The van der Waals surface area contributed by atoms with Gasteiger partial charge in [-0.3, -0.25) is 9.59 Å². The Hall–Kier alpha value is -3.66. The van der Waals surface area contributed by atoms with Crippen molar-refractivity contribution in [2.45, 2.75) is 19.7 Å². The van der Waals surface area contributed by atoms with E-state index >= 15 is 0 Å². The van der Waals surface area contributed by atoms with Crippen molar-refractivity contribution in [3.63, 3.8) is 0 Å². The number of hydrogen-bond acceptors (Lipinski definition) is 5. The molecule has 33 heavy (non-hydrogen) atoms. The van der Waals surface area contributed by atoms with Crippen molar-refractivity contribution in [2.75, 3.05) is 11.9 Å². The molecule has 3 aromatic rings. The SMILES string of the molecule is Cc1nc(COc2ccccc2/C=C/C(=O)Nc2cccc(C(=O)NCC(F)(F)F)c2)cs1. The second kappa shape index (κ2) is 10.8. The number of aryl methyl sites for hydroxylation is 1. The van der Waals surface area contributed by atoms with E-state index in [4.69, 9.17) is 4.74 Å². The number of nitrogens with one attached hydrogen (secondary N) is 2. The molecule has 2 amide bonds. The molecule has 0 aliphatic rings. The Bertz CT molecular complexity index is 1160. The maximum Gasteiger partial charge on any atom is 0.405 e. The monoisotopic (exact) mass is 475 g/mol. The first-order valence-corrected chi connectivity index (χ1v) is 10.6. The minimum Gasteiger partial charge on any atom is -0.487 e. The first-order chi connectivity index (χ1) is 15.7. The van der Waals surface area contributed by atoms with Crippen LogP contribution in [0.1, 0.15) is 26.6 Å². The molecule has 0 fully saturated rings. The van der Waals surface area contributed by atoms with Gasteiger partial charge in [-0.1, -0.05) is 24.3 Å². The predicted octanol–water partition coefficient (Wildman–Crippen LogP) is 4.97. The zero-order chi connectivity index (χ0) is 23.8. The number of halogens is 3. The Morgan fingerprint density at radius 2 is 1.94 bits per heavy atom. The number of aromatic nitrogens is 1. The van der Waals surface area contributed by atoms with Crippen molar-refractivity contribution in [1.29, 1.82) is 0 Å². The van der Waals surface area contributed by atoms with E-state index in [0.717, 1.165) is 10.7 Å². The molecule has 2 aromatic carbocycles. The number of anilines is 1. The largest absolute Gasteiger partial charge is 0.487 e. The summed E-state index contributed by atoms with van der Waals surface area (Å²) in [6.07, 6.45) is -1.63. The van der Waals surface area contributed by atoms with Crippen LogP contribution in [0.3, 0.4) is 0 Å². The molecular formula is C23H20F3N3O3S. The number of carbonyl (C=O) groups is 2. The highest BCUT2D eigenvalue weighted by Gasteiger charge is 2.27. The summed E-state index contributed by atoms with van der Waals surface area (Å²) in [6, 6.07) is 12.8. The molecule has 0 aliphatic heterocycles. The highest BCUT2D eigenvalue weighted by atomic mass is 32.1. The number of benzene rings is 2. The van der Waals surface area contributed by atoms with E-state index in [2.05, 4.69) is 10.3 Å². The number of amides is 2. The van der Waals surface area contributed by atoms with Gasteiger partial charge in [-0.25, -0.2) is 4.98 Å². The lowest BCUT2D eigenvalue weighted by Crippen LogP contribution is -2.33. The highest BCUT2D eigenvalue weighted by Crippen LogP contribution is 2.21. The number of para-hydroxylation sites is 1. The summed E-state index contributed by atoms with van der Waals surface area (Å²) in [4.78, 5) is 28.6. The molecule has 10 heteroatoms. The molecule has 2 N–H and O–H groups in total. The number of carbonyl (C=O) groups excluding carboxylic acids is 2. The first-order valence-electron chi connectivity index (χ1n) is 9.76. The number of thiazole rings is 1. The number of alkyl halides is 3. The molecule has 0 bridgehead atoms. The van der Waals surface area contributed by atoms with Crippen molar-refractivity contribution < 1.29 is 27.5 Å². The maximum atomic E-state index is 12.3. The fourth-order valence-corrected chi connectivity index (χ4v) is 3.34. The number of rotatable bonds is 8. The summed E-state index contributed by atoms with van der Waals surface area (Å²) in [6.45, 7) is 0.771. The third-order valence-electron chi connectivity index (χ3n) is 4.22. The standard InChI is InChI=1S/C23H20F3N3O3S/c1-15-28-19(13-33-15)12-32-20-8-3-2-5-16(20)9-10-21(30)29-18-7-4-6-17(11-18)22(31)27-14-23(24,25)26/h2-11,13H,12,14H2,1H3,(H,27,31)(H,29,30)/b10-9+. The fraction of sp³-hybridized carbons (Fsp3) is 0.174. The molecule has 0 saturated heterocycles. The Balaban J connectivity index is 1.61. The molecule has 6 nitrogen and oxygen atoms in total. The van der Waals surface area contributed by atoms with Gasteiger partial charge in [-0.05, 0) is 37.3 Å². The predicted molar refractivity (Wildman–Crippen MR) is 120 cm³/mol. The Labute approximate surface area is 192 Å². The van der Waals surface area contributed by atoms with Crippen molar-refractivity contribution in [2.24, 2.45) is 0 Å². The number of ether oxygens (including phenoxy) is 1. The Morgan fingerprint density at radius 3 is 2.67 bits per heavy atom. The van der Waals surface area contributed by atoms with Crippen LogP contribution in [0.2, 0.25) is 0 Å². The quantitative estimate of drug-likeness (QED) is 0.451. The van der Waals surface area contributed by atoms with Gasteiger partial charge in [-0.2, -0.15) is 13.2 Å². The van der Waals surface area contributed by atoms with Gasteiger partial charge in [0.15, 0.2) is 0 Å². The zero-order valence-electron chi connectivity index (χ0n) is 17.5. The summed E-state index contributed by atoms with van der Waals surface area (Å²) >= 11 is 1.53. The van der Waals surface area contributed by atoms with Crippen molar-refractivity contribution >= 4 is 34.9 Å². The third-order valence-corrected chi connectivity index (χ3v) is 5.04. The lowest BCUT2D eigenvalue weighted by molar-refractivity contribution is -0.123. The molecule has 3 rings (SSSR count). The lowest BCUT2D eigenvalue weighted by Gasteiger charge is -2.09. The smallest absolute Gasteiger partial charge is 0.405 e. The van der Waals surface area contributed by atoms with E-state index in [1.54, 1.807) is 29.6 Å². The summed E-state index contributed by atoms with van der Waals surface area (Å²) in [5, 5.41) is 7.23. The van der Waals surface area contributed by atoms with Crippen molar-refractivity contribution in [3.05, 3.63) is 81.8 Å². The summed E-state index contributed by atoms with van der Waals surface area (Å²) in [7, 11) is 0. The van der Waals surface area contributed by atoms with Gasteiger partial charge < -0.3 is 15.4 Å². The molecule has 0 aliphatic carbocycles. The van der Waals surface area contributed by atoms with Crippen LogP contribution < -0.4 is 15.4 Å². The summed E-state index contributed by atoms with van der Waals surface area (Å²) in [5.41, 5.74) is 1.76. The number of hydrogen-bond donors (Lipinski definition) is 2. The molecule has 172 valence electrons. The molecule has 0 spiro atoms. The van der Waals surface area contributed by atoms with Gasteiger partial charge in [0.2, 0.25) is 5.91 Å². The van der Waals surface area contributed by atoms with Crippen molar-refractivity contribution in [1.82, 2.24) is 10.3 Å². The molecule has 0 radical (unpaired) electrons. The second-order valence-electron chi connectivity index (χ2n) is 6.89. The topological polar surface area (TPSA) is 80.3 Å². The van der Waals surface area contributed by atoms with E-state index in [-0.39, 0.29) is 11.3 Å². The van der Waals surface area contributed by atoms with E-state index < -0.39 is 24.5 Å². The van der Waals surface area contributed by atoms with Crippen LogP contribution in [0.15, 0.2) is 60.0 Å². The zero-order valence-corrected chi connectivity index (χ0v) is 18.3. The van der Waals surface area contributed by atoms with Crippen LogP contribution in [0.4, 0.5) is 18.9 Å². The van der Waals surface area contributed by atoms with Crippen LogP contribution >= 0.6 is 11.3 Å². The second-order valence-corrected chi connectivity index (χ2v) is 7.95. The highest BCUT2D eigenvalue weighted by molar-refractivity contribution is 7.09. The molecule has 1 heterocycles. The average molecular weight is 475 g/mol. The Kier molecular flexibility index (Phi) is 7.83. The van der Waals surface area contributed by atoms with Gasteiger partial charge in [0.25, 0.3) is 5.91 Å². The van der Waals surface area contributed by atoms with Gasteiger partial charge in [-0.15, -0.1) is 11.3 Å². The third kappa shape index (κ3) is 7.76. The molecule has 0 atom stereocenters. The van der Waals surface area contributed by atoms with Crippen LogP contribution in [0, 0.1) is 6.92 Å². The van der Waals surface area contributed by atoms with Crippen LogP contribution in [0.25, 0.3) is 6.08 Å². The first kappa shape index (κ1) is 24.0. The van der Waals surface area contributed by atoms with Gasteiger partial charge in [0.05, 0.1) is 10.7 Å². The van der Waals surface area contributed by atoms with Crippen LogP contribution in [0.5, 0.6) is 5.75 Å². The van der Waals surface area contributed by atoms with Gasteiger partial charge in [0.1, 0.15) is 18.9 Å². The van der Waals surface area contributed by atoms with E-state index in [9.17, 15) is 22.8 Å². The summed E-state index contributed by atoms with van der Waals surface area (Å²) in [5.74, 6) is -0.788. The van der Waals surface area contributed by atoms with Gasteiger partial charge >= 0.3 is 6.18 Å². The van der Waals surface area contributed by atoms with Crippen LogP contribution in [-0.2, 0) is 11.4 Å². The van der Waals surface area contributed by atoms with Gasteiger partial charge in [0, 0.05) is 28.3 Å². The maximum absolute atomic E-state index is 12.3. The average Bonchev–Trinajstić information content (AvgIpc) is 3.20.